The number of unbranched alkanes of at least 4 members (excludes halogenated alkanes) is 20. The highest BCUT2D eigenvalue weighted by atomic mass is 31.2. The van der Waals surface area contributed by atoms with Crippen LogP contribution in [0.5, 0.6) is 0 Å². The maximum Gasteiger partial charge on any atom is 0.472 e. The molecule has 0 saturated carbocycles. The molecule has 0 spiro atoms. The molecule has 0 aromatic carbocycles. The molecule has 0 fully saturated rings. The summed E-state index contributed by atoms with van der Waals surface area (Å²) in [4.78, 5) is 34.5. The molecule has 0 bridgehead atoms. The number of hydrogen-bond acceptors (Lipinski definition) is 8. The Bertz CT molecular complexity index is 694. The zero-order chi connectivity index (χ0) is 31.9. The number of ether oxygens (including phenoxy) is 2. The minimum atomic E-state index is -4.35. The quantitative estimate of drug-likeness (QED) is 0.0411. The summed E-state index contributed by atoms with van der Waals surface area (Å²) >= 11 is 0. The van der Waals surface area contributed by atoms with Gasteiger partial charge in [-0.2, -0.15) is 0 Å². The highest BCUT2D eigenvalue weighted by Gasteiger charge is 2.25. The van der Waals surface area contributed by atoms with E-state index < -0.39 is 26.5 Å². The van der Waals surface area contributed by atoms with Crippen LogP contribution in [-0.2, 0) is 32.7 Å². The molecule has 256 valence electrons. The molecular weight excluding hydrogens is 569 g/mol. The fourth-order valence-electron chi connectivity index (χ4n) is 4.87. The van der Waals surface area contributed by atoms with Gasteiger partial charge in [-0.1, -0.05) is 142 Å². The van der Waals surface area contributed by atoms with Gasteiger partial charge in [-0.25, -0.2) is 4.57 Å². The van der Waals surface area contributed by atoms with Gasteiger partial charge in [0.2, 0.25) is 0 Å². The Labute approximate surface area is 263 Å². The van der Waals surface area contributed by atoms with Gasteiger partial charge in [0.25, 0.3) is 0 Å². The predicted molar refractivity (Wildman–Crippen MR) is 174 cm³/mol. The first-order valence-corrected chi connectivity index (χ1v) is 19.0. The molecular formula is C33H66NO8P. The third-order valence-corrected chi connectivity index (χ3v) is 8.48. The number of carbonyl (C=O) groups excluding carboxylic acids is 2. The molecule has 3 N–H and O–H groups in total. The van der Waals surface area contributed by atoms with Crippen molar-refractivity contribution >= 4 is 19.8 Å². The van der Waals surface area contributed by atoms with Gasteiger partial charge in [-0.05, 0) is 12.8 Å². The highest BCUT2D eigenvalue weighted by molar-refractivity contribution is 7.47. The van der Waals surface area contributed by atoms with E-state index in [0.29, 0.717) is 6.42 Å². The number of carbonyl (C=O) groups is 2. The first kappa shape index (κ1) is 42.0. The number of hydrogen-bond donors (Lipinski definition) is 2. The fourth-order valence-corrected chi connectivity index (χ4v) is 5.63. The van der Waals surface area contributed by atoms with Crippen LogP contribution in [0, 0.1) is 0 Å². The number of nitrogens with two attached hydrogens (primary N) is 1. The van der Waals surface area contributed by atoms with Gasteiger partial charge >= 0.3 is 19.8 Å². The Morgan fingerprint density at radius 2 is 1.00 bits per heavy atom. The molecule has 2 atom stereocenters. The zero-order valence-electron chi connectivity index (χ0n) is 27.7. The van der Waals surface area contributed by atoms with Crippen LogP contribution in [0.3, 0.4) is 0 Å². The summed E-state index contributed by atoms with van der Waals surface area (Å²) in [7, 11) is -4.35. The molecule has 0 heterocycles. The smallest absolute Gasteiger partial charge is 0.462 e. The topological polar surface area (TPSA) is 134 Å². The molecule has 43 heavy (non-hydrogen) atoms. The zero-order valence-corrected chi connectivity index (χ0v) is 28.6. The Morgan fingerprint density at radius 1 is 0.605 bits per heavy atom. The highest BCUT2D eigenvalue weighted by Crippen LogP contribution is 2.43. The van der Waals surface area contributed by atoms with E-state index in [1.165, 1.54) is 96.3 Å². The molecule has 0 rings (SSSR count). The minimum Gasteiger partial charge on any atom is -0.462 e. The molecule has 0 aromatic heterocycles. The second kappa shape index (κ2) is 31.0. The van der Waals surface area contributed by atoms with Crippen molar-refractivity contribution in [3.05, 3.63) is 0 Å². The Kier molecular flexibility index (Phi) is 30.3. The van der Waals surface area contributed by atoms with Crippen LogP contribution >= 0.6 is 7.82 Å². The van der Waals surface area contributed by atoms with Gasteiger partial charge < -0.3 is 20.1 Å². The summed E-state index contributed by atoms with van der Waals surface area (Å²) in [6.45, 7) is 3.69. The van der Waals surface area contributed by atoms with Crippen LogP contribution in [0.25, 0.3) is 0 Å². The Hall–Kier alpha value is -0.990. The van der Waals surface area contributed by atoms with E-state index >= 15 is 0 Å². The van der Waals surface area contributed by atoms with Gasteiger partial charge in [-0.3, -0.25) is 18.6 Å². The average molecular weight is 636 g/mol. The molecule has 1 unspecified atom stereocenters. The van der Waals surface area contributed by atoms with Crippen molar-refractivity contribution in [2.45, 2.75) is 174 Å². The van der Waals surface area contributed by atoms with Gasteiger partial charge in [0, 0.05) is 19.4 Å². The van der Waals surface area contributed by atoms with Crippen LogP contribution in [0.2, 0.25) is 0 Å². The monoisotopic (exact) mass is 635 g/mol. The molecule has 0 saturated heterocycles. The lowest BCUT2D eigenvalue weighted by atomic mass is 10.0. The van der Waals surface area contributed by atoms with E-state index in [-0.39, 0.29) is 38.6 Å². The van der Waals surface area contributed by atoms with Crippen molar-refractivity contribution in [2.75, 3.05) is 26.4 Å². The van der Waals surface area contributed by atoms with Gasteiger partial charge in [0.05, 0.1) is 13.2 Å². The largest absolute Gasteiger partial charge is 0.472 e. The van der Waals surface area contributed by atoms with Gasteiger partial charge in [0.15, 0.2) is 6.10 Å². The molecule has 0 radical (unpaired) electrons. The van der Waals surface area contributed by atoms with Crippen LogP contribution in [0.1, 0.15) is 168 Å². The van der Waals surface area contributed by atoms with Crippen molar-refractivity contribution < 1.29 is 37.6 Å². The van der Waals surface area contributed by atoms with Gasteiger partial charge in [0.1, 0.15) is 6.61 Å². The Balaban J connectivity index is 4.18. The van der Waals surface area contributed by atoms with Crippen molar-refractivity contribution in [2.24, 2.45) is 5.73 Å². The fraction of sp³-hybridized carbons (Fsp3) is 0.939. The van der Waals surface area contributed by atoms with Crippen molar-refractivity contribution in [3.8, 4) is 0 Å². The van der Waals surface area contributed by atoms with Gasteiger partial charge in [-0.15, -0.1) is 0 Å². The SMILES string of the molecule is CCCCCCCCCCCCCCCCC(=O)OC[C@@H](COP(=O)(O)OCCN)OC(=O)CCCCCCCCCC. The summed E-state index contributed by atoms with van der Waals surface area (Å²) in [6, 6.07) is 0. The lowest BCUT2D eigenvalue weighted by Gasteiger charge is -2.19. The maximum atomic E-state index is 12.4. The van der Waals surface area contributed by atoms with E-state index in [1.807, 2.05) is 0 Å². The molecule has 0 aliphatic heterocycles. The number of phosphoric ester groups is 1. The molecule has 0 aliphatic carbocycles. The van der Waals surface area contributed by atoms with E-state index in [2.05, 4.69) is 13.8 Å². The minimum absolute atomic E-state index is 0.0573. The lowest BCUT2D eigenvalue weighted by molar-refractivity contribution is -0.161. The number of phosphoric acid groups is 1. The van der Waals surface area contributed by atoms with Crippen LogP contribution in [-0.4, -0.2) is 49.3 Å². The van der Waals surface area contributed by atoms with Crippen LogP contribution < -0.4 is 5.73 Å². The van der Waals surface area contributed by atoms with E-state index in [0.717, 1.165) is 38.5 Å². The van der Waals surface area contributed by atoms with E-state index in [1.54, 1.807) is 0 Å². The molecule has 9 nitrogen and oxygen atoms in total. The van der Waals surface area contributed by atoms with E-state index in [9.17, 15) is 19.0 Å². The first-order valence-electron chi connectivity index (χ1n) is 17.5. The second-order valence-corrected chi connectivity index (χ2v) is 13.2. The van der Waals surface area contributed by atoms with Crippen molar-refractivity contribution in [1.82, 2.24) is 0 Å². The molecule has 0 amide bonds. The molecule has 10 heteroatoms. The summed E-state index contributed by atoms with van der Waals surface area (Å²) in [5.41, 5.74) is 5.31. The van der Waals surface area contributed by atoms with Crippen LogP contribution in [0.4, 0.5) is 0 Å². The number of esters is 2. The summed E-state index contributed by atoms with van der Waals surface area (Å²) < 4.78 is 32.5. The Morgan fingerprint density at radius 3 is 1.42 bits per heavy atom. The van der Waals surface area contributed by atoms with Crippen molar-refractivity contribution in [3.63, 3.8) is 0 Å². The van der Waals surface area contributed by atoms with E-state index in [4.69, 9.17) is 24.3 Å². The third-order valence-electron chi connectivity index (χ3n) is 7.49. The summed E-state index contributed by atoms with van der Waals surface area (Å²) in [5.74, 6) is -0.826. The molecule has 0 aliphatic rings. The van der Waals surface area contributed by atoms with Crippen molar-refractivity contribution in [1.29, 1.82) is 0 Å². The summed E-state index contributed by atoms with van der Waals surface area (Å²) in [6.07, 6.45) is 25.7. The van der Waals surface area contributed by atoms with Crippen LogP contribution in [0.15, 0.2) is 0 Å². The average Bonchev–Trinajstić information content (AvgIpc) is 2.99. The second-order valence-electron chi connectivity index (χ2n) is 11.8. The molecule has 0 aromatic rings. The number of rotatable bonds is 33. The lowest BCUT2D eigenvalue weighted by Crippen LogP contribution is -2.29. The standard InChI is InChI=1S/C33H66NO8P/c1-3-5-7-9-11-13-14-15-16-17-18-20-21-23-25-32(35)39-29-31(30-41-43(37,38)40-28-27-34)42-33(36)26-24-22-19-12-10-8-6-4-2/h31H,3-30,34H2,1-2H3,(H,37,38)/t31-/m0/s1. The predicted octanol–water partition coefficient (Wildman–Crippen LogP) is 8.94. The summed E-state index contributed by atoms with van der Waals surface area (Å²) in [5, 5.41) is 0. The first-order chi connectivity index (χ1) is 20.8. The normalized spacial score (nSPS) is 13.5. The maximum absolute atomic E-state index is 12.4. The third kappa shape index (κ3) is 30.8.